The van der Waals surface area contributed by atoms with Gasteiger partial charge in [0.2, 0.25) is 0 Å². The lowest BCUT2D eigenvalue weighted by Crippen LogP contribution is -2.47. The maximum atomic E-state index is 15.0. The van der Waals surface area contributed by atoms with E-state index in [0.717, 1.165) is 5.56 Å². The predicted octanol–water partition coefficient (Wildman–Crippen LogP) is 5.23. The molecular weight excluding hydrogens is 451 g/mol. The van der Waals surface area contributed by atoms with Gasteiger partial charge in [0.05, 0.1) is 13.7 Å². The Hall–Kier alpha value is -3.13. The second-order valence-corrected chi connectivity index (χ2v) is 10.4. The third-order valence-corrected chi connectivity index (χ3v) is 5.93. The van der Waals surface area contributed by atoms with Gasteiger partial charge in [0.15, 0.2) is 0 Å². The second-order valence-electron chi connectivity index (χ2n) is 10.4. The summed E-state index contributed by atoms with van der Waals surface area (Å²) in [6.45, 7) is 9.75. The van der Waals surface area contributed by atoms with Gasteiger partial charge in [-0.3, -0.25) is 9.69 Å². The highest BCUT2D eigenvalue weighted by atomic mass is 19.1. The van der Waals surface area contributed by atoms with E-state index in [-0.39, 0.29) is 0 Å². The minimum Gasteiger partial charge on any atom is -0.497 e. The molecule has 1 atom stereocenters. The lowest BCUT2D eigenvalue weighted by Gasteiger charge is -2.37. The molecular formula is C27H35FN2O5. The number of benzene rings is 2. The van der Waals surface area contributed by atoms with E-state index in [9.17, 15) is 14.0 Å². The smallest absolute Gasteiger partial charge is 0.411 e. The van der Waals surface area contributed by atoms with Crippen LogP contribution >= 0.6 is 0 Å². The van der Waals surface area contributed by atoms with E-state index < -0.39 is 34.9 Å². The van der Waals surface area contributed by atoms with Crippen LogP contribution in [0.4, 0.5) is 14.9 Å². The number of anilines is 1. The first-order chi connectivity index (χ1) is 16.4. The molecule has 190 valence electrons. The molecule has 2 aromatic carbocycles. The van der Waals surface area contributed by atoms with Gasteiger partial charge in [-0.15, -0.1) is 0 Å². The molecule has 2 aromatic rings. The largest absolute Gasteiger partial charge is 0.497 e. The van der Waals surface area contributed by atoms with Gasteiger partial charge in [0, 0.05) is 24.8 Å². The number of rotatable bonds is 6. The number of amides is 2. The van der Waals surface area contributed by atoms with Crippen LogP contribution in [-0.2, 0) is 26.1 Å². The fourth-order valence-corrected chi connectivity index (χ4v) is 4.32. The zero-order valence-corrected chi connectivity index (χ0v) is 21.5. The van der Waals surface area contributed by atoms with E-state index in [1.54, 1.807) is 59.3 Å². The lowest BCUT2D eigenvalue weighted by molar-refractivity contribution is -0.121. The summed E-state index contributed by atoms with van der Waals surface area (Å²) in [6, 6.07) is 9.07. The van der Waals surface area contributed by atoms with Crippen molar-refractivity contribution in [2.75, 3.05) is 32.7 Å². The summed E-state index contributed by atoms with van der Waals surface area (Å²) >= 11 is 0. The summed E-state index contributed by atoms with van der Waals surface area (Å²) in [5.74, 6) is -0.224. The van der Waals surface area contributed by atoms with Gasteiger partial charge in [-0.2, -0.15) is 0 Å². The first-order valence-corrected chi connectivity index (χ1v) is 11.6. The van der Waals surface area contributed by atoms with E-state index in [1.165, 1.54) is 11.0 Å². The van der Waals surface area contributed by atoms with Gasteiger partial charge in [0.1, 0.15) is 23.2 Å². The van der Waals surface area contributed by atoms with E-state index >= 15 is 0 Å². The molecule has 1 aliphatic heterocycles. The summed E-state index contributed by atoms with van der Waals surface area (Å²) in [5.41, 5.74) is 1.13. The summed E-state index contributed by atoms with van der Waals surface area (Å²) < 4.78 is 31.1. The number of nitrogens with zero attached hydrogens (tertiary/aromatic N) is 1. The highest BCUT2D eigenvalue weighted by Gasteiger charge is 2.38. The van der Waals surface area contributed by atoms with E-state index in [1.807, 2.05) is 19.9 Å². The minimum atomic E-state index is -0.938. The van der Waals surface area contributed by atoms with E-state index in [4.69, 9.17) is 14.2 Å². The number of hydrogen-bond donors (Lipinski definition) is 1. The van der Waals surface area contributed by atoms with Crippen LogP contribution in [0, 0.1) is 5.82 Å². The van der Waals surface area contributed by atoms with Crippen molar-refractivity contribution in [2.24, 2.45) is 0 Å². The fraction of sp³-hybridized carbons (Fsp3) is 0.481. The third-order valence-electron chi connectivity index (χ3n) is 5.93. The fourth-order valence-electron chi connectivity index (χ4n) is 4.32. The molecule has 0 aromatic heterocycles. The average molecular weight is 487 g/mol. The Morgan fingerprint density at radius 3 is 2.40 bits per heavy atom. The number of carbonyl (C=O) groups is 2. The standard InChI is InChI=1S/C27H35FN2O5/c1-26(2,3)35-25(32)30-13-12-17-14-19(34-7)9-10-20(17)23(30)24(31)29-18-8-11-21(22(28)15-18)27(4,5)16-33-6/h8-11,14-15,23H,12-13,16H2,1-7H3,(H,29,31). The second kappa shape index (κ2) is 10.2. The molecule has 0 aliphatic carbocycles. The summed E-state index contributed by atoms with van der Waals surface area (Å²) in [6.07, 6.45) is -0.0324. The molecule has 1 heterocycles. The van der Waals surface area contributed by atoms with Crippen molar-refractivity contribution in [3.63, 3.8) is 0 Å². The van der Waals surface area contributed by atoms with Crippen molar-refractivity contribution in [1.82, 2.24) is 4.90 Å². The molecule has 3 rings (SSSR count). The van der Waals surface area contributed by atoms with Gasteiger partial charge >= 0.3 is 6.09 Å². The highest BCUT2D eigenvalue weighted by molar-refractivity contribution is 5.98. The van der Waals surface area contributed by atoms with Gasteiger partial charge in [0.25, 0.3) is 5.91 Å². The molecule has 8 heteroatoms. The number of methoxy groups -OCH3 is 2. The zero-order valence-electron chi connectivity index (χ0n) is 21.5. The number of ether oxygens (including phenoxy) is 3. The Kier molecular flexibility index (Phi) is 7.74. The zero-order chi connectivity index (χ0) is 26.0. The molecule has 1 unspecified atom stereocenters. The molecule has 0 saturated carbocycles. The van der Waals surface area contributed by atoms with Gasteiger partial charge in [-0.05, 0) is 68.1 Å². The Balaban J connectivity index is 1.93. The SMILES string of the molecule is COCC(C)(C)c1ccc(NC(=O)C2c3ccc(OC)cc3CCN2C(=O)OC(C)(C)C)cc1F. The maximum absolute atomic E-state index is 15.0. The quantitative estimate of drug-likeness (QED) is 0.605. The highest BCUT2D eigenvalue weighted by Crippen LogP contribution is 2.35. The monoisotopic (exact) mass is 486 g/mol. The molecule has 7 nitrogen and oxygen atoms in total. The van der Waals surface area contributed by atoms with Crippen LogP contribution < -0.4 is 10.1 Å². The molecule has 0 bridgehead atoms. The number of carbonyl (C=O) groups excluding carboxylic acids is 2. The Bertz CT molecular complexity index is 1090. The first-order valence-electron chi connectivity index (χ1n) is 11.6. The molecule has 35 heavy (non-hydrogen) atoms. The van der Waals surface area contributed by atoms with Crippen molar-refractivity contribution in [2.45, 2.75) is 58.1 Å². The number of halogens is 1. The van der Waals surface area contributed by atoms with Crippen LogP contribution in [0.5, 0.6) is 5.75 Å². The van der Waals surface area contributed by atoms with Crippen molar-refractivity contribution < 1.29 is 28.2 Å². The van der Waals surface area contributed by atoms with Crippen molar-refractivity contribution in [1.29, 1.82) is 0 Å². The summed E-state index contributed by atoms with van der Waals surface area (Å²) in [5, 5.41) is 2.79. The number of fused-ring (bicyclic) bond motifs is 1. The number of nitrogens with one attached hydrogen (secondary N) is 1. The van der Waals surface area contributed by atoms with Crippen LogP contribution in [0.25, 0.3) is 0 Å². The van der Waals surface area contributed by atoms with Crippen LogP contribution in [0.15, 0.2) is 36.4 Å². The van der Waals surface area contributed by atoms with Gasteiger partial charge < -0.3 is 19.5 Å². The van der Waals surface area contributed by atoms with Gasteiger partial charge in [-0.1, -0.05) is 26.0 Å². The normalized spacial score (nSPS) is 15.9. The average Bonchev–Trinajstić information content (AvgIpc) is 2.76. The van der Waals surface area contributed by atoms with Crippen molar-refractivity contribution >= 4 is 17.7 Å². The first kappa shape index (κ1) is 26.5. The van der Waals surface area contributed by atoms with Crippen LogP contribution in [0.2, 0.25) is 0 Å². The Labute approximate surface area is 206 Å². The molecule has 1 aliphatic rings. The lowest BCUT2D eigenvalue weighted by atomic mass is 9.85. The minimum absolute atomic E-state index is 0.297. The maximum Gasteiger partial charge on any atom is 0.411 e. The summed E-state index contributed by atoms with van der Waals surface area (Å²) in [4.78, 5) is 28.0. The van der Waals surface area contributed by atoms with Crippen LogP contribution in [-0.4, -0.2) is 49.9 Å². The van der Waals surface area contributed by atoms with Crippen molar-refractivity contribution in [3.8, 4) is 5.75 Å². The molecule has 0 saturated heterocycles. The molecule has 0 spiro atoms. The van der Waals surface area contributed by atoms with Crippen molar-refractivity contribution in [3.05, 3.63) is 58.9 Å². The summed E-state index contributed by atoms with van der Waals surface area (Å²) in [7, 11) is 3.15. The predicted molar refractivity (Wildman–Crippen MR) is 132 cm³/mol. The van der Waals surface area contributed by atoms with E-state index in [2.05, 4.69) is 5.32 Å². The number of hydrogen-bond acceptors (Lipinski definition) is 5. The van der Waals surface area contributed by atoms with E-state index in [0.29, 0.717) is 42.1 Å². The van der Waals surface area contributed by atoms with Crippen LogP contribution in [0.1, 0.15) is 57.4 Å². The molecule has 0 radical (unpaired) electrons. The Morgan fingerprint density at radius 2 is 1.80 bits per heavy atom. The molecule has 0 fully saturated rings. The molecule has 1 N–H and O–H groups in total. The Morgan fingerprint density at radius 1 is 1.09 bits per heavy atom. The van der Waals surface area contributed by atoms with Crippen LogP contribution in [0.3, 0.4) is 0 Å². The molecule has 2 amide bonds. The van der Waals surface area contributed by atoms with Gasteiger partial charge in [-0.25, -0.2) is 9.18 Å². The topological polar surface area (TPSA) is 77.1 Å². The third kappa shape index (κ3) is 6.11.